The first-order valence-electron chi connectivity index (χ1n) is 10.5. The fourth-order valence-electron chi connectivity index (χ4n) is 2.68. The average molecular weight is 458 g/mol. The number of rotatable bonds is 10. The van der Waals surface area contributed by atoms with Crippen molar-refractivity contribution in [3.63, 3.8) is 0 Å². The van der Waals surface area contributed by atoms with Crippen molar-refractivity contribution in [2.24, 2.45) is 5.92 Å². The van der Waals surface area contributed by atoms with Gasteiger partial charge in [0.05, 0.1) is 18.9 Å². The van der Waals surface area contributed by atoms with Crippen molar-refractivity contribution >= 4 is 28.3 Å². The van der Waals surface area contributed by atoms with E-state index in [9.17, 15) is 9.59 Å². The molecule has 0 spiro atoms. The maximum atomic E-state index is 12.6. The molecule has 0 unspecified atom stereocenters. The van der Waals surface area contributed by atoms with Gasteiger partial charge in [-0.25, -0.2) is 9.78 Å². The van der Waals surface area contributed by atoms with E-state index in [0.717, 1.165) is 35.5 Å². The minimum atomic E-state index is -0.477. The average Bonchev–Trinajstić information content (AvgIpc) is 3.40. The number of benzene rings is 1. The summed E-state index contributed by atoms with van der Waals surface area (Å²) in [6.45, 7) is 8.73. The molecular weight excluding hydrogens is 430 g/mol. The lowest BCUT2D eigenvalue weighted by Gasteiger charge is -2.05. The zero-order valence-corrected chi connectivity index (χ0v) is 19.5. The van der Waals surface area contributed by atoms with Gasteiger partial charge in [-0.2, -0.15) is 0 Å². The molecule has 3 rings (SSSR count). The van der Waals surface area contributed by atoms with Crippen molar-refractivity contribution in [1.29, 1.82) is 0 Å². The monoisotopic (exact) mass is 457 g/mol. The van der Waals surface area contributed by atoms with Crippen molar-refractivity contribution < 1.29 is 23.6 Å². The summed E-state index contributed by atoms with van der Waals surface area (Å²) in [5.74, 6) is 0.554. The number of ether oxygens (including phenoxy) is 2. The minimum absolute atomic E-state index is 0.111. The number of carbonyl (C=O) groups is 2. The second-order valence-corrected chi connectivity index (χ2v) is 8.68. The standard InChI is InChI=1S/C23H27N3O5S/c1-5-6-11-29-17-9-7-16(8-10-17)19-12-18(26-31-19)21(27)25-23-24-15(4)20(32-23)22(28)30-13-14(2)3/h7-10,12,14H,5-6,11,13H2,1-4H3,(H,24,25,27). The van der Waals surface area contributed by atoms with Gasteiger partial charge in [0.2, 0.25) is 0 Å². The molecule has 170 valence electrons. The summed E-state index contributed by atoms with van der Waals surface area (Å²) < 4.78 is 16.2. The molecule has 0 bridgehead atoms. The molecule has 1 N–H and O–H groups in total. The summed E-state index contributed by atoms with van der Waals surface area (Å²) in [5, 5.41) is 6.81. The van der Waals surface area contributed by atoms with Gasteiger partial charge in [-0.1, -0.05) is 43.7 Å². The summed E-state index contributed by atoms with van der Waals surface area (Å²) >= 11 is 1.07. The van der Waals surface area contributed by atoms with Crippen LogP contribution in [0, 0.1) is 12.8 Å². The Morgan fingerprint density at radius 3 is 2.66 bits per heavy atom. The van der Waals surface area contributed by atoms with Gasteiger partial charge in [0.25, 0.3) is 5.91 Å². The number of carbonyl (C=O) groups excluding carboxylic acids is 2. The SMILES string of the molecule is CCCCOc1ccc(-c2cc(C(=O)Nc3nc(C)c(C(=O)OCC(C)C)s3)no2)cc1. The Morgan fingerprint density at radius 1 is 1.22 bits per heavy atom. The molecule has 32 heavy (non-hydrogen) atoms. The highest BCUT2D eigenvalue weighted by Gasteiger charge is 2.20. The first-order chi connectivity index (χ1) is 15.4. The lowest BCUT2D eigenvalue weighted by molar-refractivity contribution is 0.0463. The first kappa shape index (κ1) is 23.5. The van der Waals surface area contributed by atoms with Gasteiger partial charge in [0.15, 0.2) is 16.6 Å². The Balaban J connectivity index is 1.62. The van der Waals surface area contributed by atoms with Crippen LogP contribution in [0.3, 0.4) is 0 Å². The predicted molar refractivity (Wildman–Crippen MR) is 122 cm³/mol. The minimum Gasteiger partial charge on any atom is -0.494 e. The van der Waals surface area contributed by atoms with Crippen LogP contribution in [-0.2, 0) is 4.74 Å². The van der Waals surface area contributed by atoms with Crippen LogP contribution in [0.25, 0.3) is 11.3 Å². The Labute approximate surface area is 190 Å². The third-order valence-corrected chi connectivity index (χ3v) is 5.45. The second-order valence-electron chi connectivity index (χ2n) is 7.68. The maximum Gasteiger partial charge on any atom is 0.350 e. The summed E-state index contributed by atoms with van der Waals surface area (Å²) in [4.78, 5) is 29.4. The molecule has 2 aromatic heterocycles. The van der Waals surface area contributed by atoms with Crippen LogP contribution < -0.4 is 10.1 Å². The van der Waals surface area contributed by atoms with Crippen LogP contribution in [0.5, 0.6) is 5.75 Å². The van der Waals surface area contributed by atoms with Crippen LogP contribution in [-0.4, -0.2) is 35.2 Å². The number of nitrogens with zero attached hydrogens (tertiary/aromatic N) is 2. The third-order valence-electron chi connectivity index (χ3n) is 4.40. The van der Waals surface area contributed by atoms with Gasteiger partial charge in [-0.15, -0.1) is 0 Å². The molecule has 0 saturated heterocycles. The molecule has 1 aromatic carbocycles. The lowest BCUT2D eigenvalue weighted by atomic mass is 10.1. The molecule has 0 radical (unpaired) electrons. The van der Waals surface area contributed by atoms with Gasteiger partial charge in [-0.3, -0.25) is 10.1 Å². The molecule has 0 fully saturated rings. The number of amides is 1. The molecule has 9 heteroatoms. The smallest absolute Gasteiger partial charge is 0.350 e. The topological polar surface area (TPSA) is 104 Å². The van der Waals surface area contributed by atoms with E-state index in [1.165, 1.54) is 0 Å². The Morgan fingerprint density at radius 2 is 1.97 bits per heavy atom. The van der Waals surface area contributed by atoms with Crippen molar-refractivity contribution in [2.75, 3.05) is 18.5 Å². The van der Waals surface area contributed by atoms with Gasteiger partial charge in [-0.05, 0) is 43.5 Å². The molecule has 0 aliphatic heterocycles. The number of hydrogen-bond donors (Lipinski definition) is 1. The number of hydrogen-bond acceptors (Lipinski definition) is 8. The van der Waals surface area contributed by atoms with Gasteiger partial charge < -0.3 is 14.0 Å². The first-order valence-corrected chi connectivity index (χ1v) is 11.3. The number of thiazole rings is 1. The number of nitrogens with one attached hydrogen (secondary N) is 1. The Bertz CT molecular complexity index is 1060. The van der Waals surface area contributed by atoms with Crippen LogP contribution in [0.4, 0.5) is 5.13 Å². The highest BCUT2D eigenvalue weighted by molar-refractivity contribution is 7.17. The zero-order chi connectivity index (χ0) is 23.1. The van der Waals surface area contributed by atoms with Crippen LogP contribution in [0.15, 0.2) is 34.9 Å². The van der Waals surface area contributed by atoms with Gasteiger partial charge in [0.1, 0.15) is 10.6 Å². The molecule has 0 aliphatic carbocycles. The quantitative estimate of drug-likeness (QED) is 0.323. The predicted octanol–water partition coefficient (Wildman–Crippen LogP) is 5.35. The molecule has 0 aliphatic rings. The van der Waals surface area contributed by atoms with Crippen LogP contribution in [0.2, 0.25) is 0 Å². The molecule has 1 amide bonds. The number of unbranched alkanes of at least 4 members (excludes halogenated alkanes) is 1. The third kappa shape index (κ3) is 6.16. The van der Waals surface area contributed by atoms with E-state index in [-0.39, 0.29) is 11.6 Å². The van der Waals surface area contributed by atoms with E-state index in [1.807, 2.05) is 38.1 Å². The summed E-state index contributed by atoms with van der Waals surface area (Å²) in [6, 6.07) is 8.96. The lowest BCUT2D eigenvalue weighted by Crippen LogP contribution is -2.11. The summed E-state index contributed by atoms with van der Waals surface area (Å²) in [5.41, 5.74) is 1.39. The molecular formula is C23H27N3O5S. The van der Waals surface area contributed by atoms with E-state index in [0.29, 0.717) is 34.7 Å². The zero-order valence-electron chi connectivity index (χ0n) is 18.6. The molecule has 8 nitrogen and oxygen atoms in total. The fraction of sp³-hybridized carbons (Fsp3) is 0.391. The maximum absolute atomic E-state index is 12.6. The highest BCUT2D eigenvalue weighted by atomic mass is 32.1. The van der Waals surface area contributed by atoms with Crippen molar-refractivity contribution in [3.05, 3.63) is 46.6 Å². The number of aryl methyl sites for hydroxylation is 1. The van der Waals surface area contributed by atoms with Gasteiger partial charge >= 0.3 is 5.97 Å². The van der Waals surface area contributed by atoms with Crippen LogP contribution in [0.1, 0.15) is 59.5 Å². The number of esters is 1. The van der Waals surface area contributed by atoms with Crippen LogP contribution >= 0.6 is 11.3 Å². The molecule has 0 atom stereocenters. The molecule has 2 heterocycles. The fourth-order valence-corrected chi connectivity index (χ4v) is 3.53. The van der Waals surface area contributed by atoms with Crippen molar-refractivity contribution in [1.82, 2.24) is 10.1 Å². The second kappa shape index (κ2) is 10.9. The van der Waals surface area contributed by atoms with Gasteiger partial charge in [0, 0.05) is 11.6 Å². The Hall–Kier alpha value is -3.20. The number of aromatic nitrogens is 2. The van der Waals surface area contributed by atoms with E-state index in [1.54, 1.807) is 13.0 Å². The van der Waals surface area contributed by atoms with E-state index >= 15 is 0 Å². The number of anilines is 1. The van der Waals surface area contributed by atoms with Crippen molar-refractivity contribution in [2.45, 2.75) is 40.5 Å². The van der Waals surface area contributed by atoms with E-state index in [4.69, 9.17) is 14.0 Å². The van der Waals surface area contributed by atoms with Crippen molar-refractivity contribution in [3.8, 4) is 17.1 Å². The summed E-state index contributed by atoms with van der Waals surface area (Å²) in [6.07, 6.45) is 2.08. The summed E-state index contributed by atoms with van der Waals surface area (Å²) in [7, 11) is 0. The molecule has 3 aromatic rings. The highest BCUT2D eigenvalue weighted by Crippen LogP contribution is 2.26. The normalized spacial score (nSPS) is 10.9. The van der Waals surface area contributed by atoms with E-state index in [2.05, 4.69) is 22.4 Å². The Kier molecular flexibility index (Phi) is 7.99. The molecule has 0 saturated carbocycles. The largest absolute Gasteiger partial charge is 0.494 e. The van der Waals surface area contributed by atoms with E-state index < -0.39 is 11.9 Å².